The van der Waals surface area contributed by atoms with Crippen molar-refractivity contribution in [2.45, 2.75) is 13.0 Å². The van der Waals surface area contributed by atoms with Gasteiger partial charge >= 0.3 is 0 Å². The monoisotopic (exact) mass is 322 g/mol. The van der Waals surface area contributed by atoms with E-state index in [0.29, 0.717) is 6.04 Å². The lowest BCUT2D eigenvalue weighted by Gasteiger charge is -2.33. The number of nitrogens with zero attached hydrogens (tertiary/aromatic N) is 1. The van der Waals surface area contributed by atoms with E-state index in [9.17, 15) is 0 Å². The van der Waals surface area contributed by atoms with Crippen LogP contribution in [0.1, 0.15) is 18.5 Å². The molecule has 116 valence electrons. The van der Waals surface area contributed by atoms with Crippen molar-refractivity contribution in [1.82, 2.24) is 10.2 Å². The normalized spacial score (nSPS) is 16.6. The Labute approximate surface area is 133 Å². The van der Waals surface area contributed by atoms with Crippen LogP contribution < -0.4 is 14.8 Å². The summed E-state index contributed by atoms with van der Waals surface area (Å²) in [5.41, 5.74) is 1.27. The van der Waals surface area contributed by atoms with Gasteiger partial charge in [-0.1, -0.05) is 6.07 Å². The molecule has 0 spiro atoms. The van der Waals surface area contributed by atoms with Crippen molar-refractivity contribution in [1.29, 1.82) is 0 Å². The van der Waals surface area contributed by atoms with Crippen LogP contribution in [-0.4, -0.2) is 45.3 Å². The highest BCUT2D eigenvalue weighted by molar-refractivity contribution is 5.85. The summed E-state index contributed by atoms with van der Waals surface area (Å²) in [6.07, 6.45) is 0. The molecule has 2 rings (SSSR count). The zero-order valence-electron chi connectivity index (χ0n) is 12.2. The van der Waals surface area contributed by atoms with Gasteiger partial charge in [-0.25, -0.2) is 0 Å². The van der Waals surface area contributed by atoms with Crippen molar-refractivity contribution in [2.75, 3.05) is 40.4 Å². The van der Waals surface area contributed by atoms with Crippen LogP contribution in [0, 0.1) is 0 Å². The van der Waals surface area contributed by atoms with Crippen molar-refractivity contribution < 1.29 is 9.47 Å². The van der Waals surface area contributed by atoms with Crippen LogP contribution in [0.5, 0.6) is 11.5 Å². The molecule has 1 atom stereocenters. The van der Waals surface area contributed by atoms with E-state index < -0.39 is 0 Å². The van der Waals surface area contributed by atoms with Gasteiger partial charge in [0.05, 0.1) is 14.2 Å². The number of benzene rings is 1. The summed E-state index contributed by atoms with van der Waals surface area (Å²) in [7, 11) is 3.34. The minimum Gasteiger partial charge on any atom is -0.493 e. The molecule has 0 bridgehead atoms. The summed E-state index contributed by atoms with van der Waals surface area (Å²) in [6, 6.07) is 6.58. The smallest absolute Gasteiger partial charge is 0.161 e. The van der Waals surface area contributed by atoms with Gasteiger partial charge in [0.2, 0.25) is 0 Å². The van der Waals surface area contributed by atoms with Gasteiger partial charge in [0.1, 0.15) is 0 Å². The molecule has 0 amide bonds. The average molecular weight is 323 g/mol. The maximum absolute atomic E-state index is 5.36. The summed E-state index contributed by atoms with van der Waals surface area (Å²) in [4.78, 5) is 2.48. The predicted octanol–water partition coefficient (Wildman–Crippen LogP) is 2.51. The van der Waals surface area contributed by atoms with Gasteiger partial charge in [-0.05, 0) is 24.6 Å². The van der Waals surface area contributed by atoms with Crippen LogP contribution in [0.15, 0.2) is 18.2 Å². The lowest BCUT2D eigenvalue weighted by Crippen LogP contribution is -2.44. The van der Waals surface area contributed by atoms with Crippen molar-refractivity contribution in [3.63, 3.8) is 0 Å². The summed E-state index contributed by atoms with van der Waals surface area (Å²) in [6.45, 7) is 6.56. The molecule has 1 aromatic carbocycles. The Balaban J connectivity index is 0.00000180. The fourth-order valence-corrected chi connectivity index (χ4v) is 2.39. The number of methoxy groups -OCH3 is 2. The van der Waals surface area contributed by atoms with Crippen molar-refractivity contribution in [3.05, 3.63) is 23.8 Å². The first kappa shape index (κ1) is 19.3. The maximum Gasteiger partial charge on any atom is 0.161 e. The fourth-order valence-electron chi connectivity index (χ4n) is 2.39. The molecule has 20 heavy (non-hydrogen) atoms. The molecule has 1 aromatic rings. The second kappa shape index (κ2) is 9.29. The van der Waals surface area contributed by atoms with Gasteiger partial charge in [0.25, 0.3) is 0 Å². The third-order valence-electron chi connectivity index (χ3n) is 3.59. The molecule has 6 heteroatoms. The second-order valence-electron chi connectivity index (χ2n) is 4.58. The van der Waals surface area contributed by atoms with Crippen LogP contribution in [0.25, 0.3) is 0 Å². The molecule has 1 heterocycles. The first-order chi connectivity index (χ1) is 8.76. The molecule has 0 aliphatic carbocycles. The van der Waals surface area contributed by atoms with Gasteiger partial charge in [0, 0.05) is 32.2 Å². The SMILES string of the molecule is COc1ccc([C@@H](C)N2CCNCC2)cc1OC.Cl.Cl. The number of hydrogen-bond acceptors (Lipinski definition) is 4. The molecule has 4 nitrogen and oxygen atoms in total. The van der Waals surface area contributed by atoms with E-state index in [1.54, 1.807) is 14.2 Å². The van der Waals surface area contributed by atoms with E-state index in [1.807, 2.05) is 6.07 Å². The fraction of sp³-hybridized carbons (Fsp3) is 0.571. The van der Waals surface area contributed by atoms with E-state index in [0.717, 1.165) is 37.7 Å². The molecular formula is C14H24Cl2N2O2. The highest BCUT2D eigenvalue weighted by Gasteiger charge is 2.19. The van der Waals surface area contributed by atoms with Gasteiger partial charge in [-0.2, -0.15) is 0 Å². The Morgan fingerprint density at radius 2 is 1.65 bits per heavy atom. The van der Waals surface area contributed by atoms with E-state index in [4.69, 9.17) is 9.47 Å². The van der Waals surface area contributed by atoms with Gasteiger partial charge in [-0.3, -0.25) is 4.90 Å². The summed E-state index contributed by atoms with van der Waals surface area (Å²) < 4.78 is 10.6. The van der Waals surface area contributed by atoms with Gasteiger partial charge in [0.15, 0.2) is 11.5 Å². The Hall–Kier alpha value is -0.680. The van der Waals surface area contributed by atoms with Gasteiger partial charge < -0.3 is 14.8 Å². The third-order valence-corrected chi connectivity index (χ3v) is 3.59. The Morgan fingerprint density at radius 1 is 1.05 bits per heavy atom. The van der Waals surface area contributed by atoms with E-state index in [-0.39, 0.29) is 24.8 Å². The second-order valence-corrected chi connectivity index (χ2v) is 4.58. The molecule has 0 radical (unpaired) electrons. The summed E-state index contributed by atoms with van der Waals surface area (Å²) in [5.74, 6) is 1.59. The largest absolute Gasteiger partial charge is 0.493 e. The number of hydrogen-bond donors (Lipinski definition) is 1. The van der Waals surface area contributed by atoms with Crippen LogP contribution in [0.2, 0.25) is 0 Å². The minimum atomic E-state index is 0. The molecule has 1 fully saturated rings. The van der Waals surface area contributed by atoms with E-state index in [2.05, 4.69) is 29.3 Å². The lowest BCUT2D eigenvalue weighted by atomic mass is 10.1. The summed E-state index contributed by atoms with van der Waals surface area (Å²) >= 11 is 0. The van der Waals surface area contributed by atoms with Crippen LogP contribution in [-0.2, 0) is 0 Å². The van der Waals surface area contributed by atoms with Crippen molar-refractivity contribution in [3.8, 4) is 11.5 Å². The molecule has 1 aliphatic heterocycles. The standard InChI is InChI=1S/C14H22N2O2.2ClH/c1-11(16-8-6-15-7-9-16)12-4-5-13(17-2)14(10-12)18-3;;/h4-5,10-11,15H,6-9H2,1-3H3;2*1H/t11-;;/m1../s1. The number of halogens is 2. The number of nitrogens with one attached hydrogen (secondary N) is 1. The molecule has 1 N–H and O–H groups in total. The molecule has 0 aromatic heterocycles. The molecule has 1 aliphatic rings. The Morgan fingerprint density at radius 3 is 2.20 bits per heavy atom. The molecule has 0 unspecified atom stereocenters. The Kier molecular flexibility index (Phi) is 8.98. The quantitative estimate of drug-likeness (QED) is 0.923. The maximum atomic E-state index is 5.36. The third kappa shape index (κ3) is 4.42. The van der Waals surface area contributed by atoms with Crippen LogP contribution in [0.4, 0.5) is 0 Å². The predicted molar refractivity (Wildman–Crippen MR) is 86.9 cm³/mol. The van der Waals surface area contributed by atoms with Crippen molar-refractivity contribution >= 4 is 24.8 Å². The van der Waals surface area contributed by atoms with E-state index in [1.165, 1.54) is 5.56 Å². The highest BCUT2D eigenvalue weighted by atomic mass is 35.5. The van der Waals surface area contributed by atoms with Crippen LogP contribution in [0.3, 0.4) is 0 Å². The first-order valence-electron chi connectivity index (χ1n) is 6.43. The lowest BCUT2D eigenvalue weighted by molar-refractivity contribution is 0.185. The number of piperazine rings is 1. The van der Waals surface area contributed by atoms with E-state index >= 15 is 0 Å². The molecular weight excluding hydrogens is 299 g/mol. The van der Waals surface area contributed by atoms with Gasteiger partial charge in [-0.15, -0.1) is 24.8 Å². The molecule has 0 saturated carbocycles. The topological polar surface area (TPSA) is 33.7 Å². The highest BCUT2D eigenvalue weighted by Crippen LogP contribution is 2.31. The van der Waals surface area contributed by atoms with Crippen molar-refractivity contribution in [2.24, 2.45) is 0 Å². The molecule has 1 saturated heterocycles. The first-order valence-corrected chi connectivity index (χ1v) is 6.43. The number of ether oxygens (including phenoxy) is 2. The Bertz CT molecular complexity index is 399. The minimum absolute atomic E-state index is 0. The zero-order chi connectivity index (χ0) is 13.0. The number of rotatable bonds is 4. The zero-order valence-corrected chi connectivity index (χ0v) is 13.9. The summed E-state index contributed by atoms with van der Waals surface area (Å²) in [5, 5.41) is 3.38. The average Bonchev–Trinajstić information content (AvgIpc) is 2.46. The van der Waals surface area contributed by atoms with Crippen LogP contribution >= 0.6 is 24.8 Å².